The van der Waals surface area contributed by atoms with Crippen LogP contribution in [0.1, 0.15) is 88.4 Å². The first-order valence-electron chi connectivity index (χ1n) is 11.6. The number of rotatable bonds is 17. The van der Waals surface area contributed by atoms with Crippen molar-refractivity contribution >= 4 is 46.3 Å². The van der Waals surface area contributed by atoms with Gasteiger partial charge in [-0.2, -0.15) is 0 Å². The summed E-state index contributed by atoms with van der Waals surface area (Å²) in [7, 11) is 0. The highest BCUT2D eigenvalue weighted by Gasteiger charge is 2.30. The van der Waals surface area contributed by atoms with Crippen LogP contribution in [0.5, 0.6) is 5.75 Å². The van der Waals surface area contributed by atoms with Crippen LogP contribution in [0, 0.1) is 3.57 Å². The number of unbranched alkanes of at least 4 members (excludes halogenated alkanes) is 9. The normalized spacial score (nSPS) is 12.0. The monoisotopic (exact) mass is 588 g/mol. The van der Waals surface area contributed by atoms with Crippen LogP contribution in [-0.2, 0) is 16.1 Å². The van der Waals surface area contributed by atoms with Gasteiger partial charge in [-0.15, -0.1) is 17.7 Å². The molecule has 0 spiro atoms. The second kappa shape index (κ2) is 15.3. The minimum Gasteiger partial charge on any atom is -0.493 e. The van der Waals surface area contributed by atoms with E-state index in [9.17, 15) is 9.59 Å². The van der Waals surface area contributed by atoms with Crippen LogP contribution >= 0.6 is 35.2 Å². The summed E-state index contributed by atoms with van der Waals surface area (Å²) in [4.78, 5) is 23.6. The van der Waals surface area contributed by atoms with E-state index in [0.29, 0.717) is 17.9 Å². The minimum absolute atomic E-state index is 0.128. The highest BCUT2D eigenvalue weighted by atomic mass is 127. The summed E-state index contributed by atoms with van der Waals surface area (Å²) in [5.74, 6) is -1.35. The van der Waals surface area contributed by atoms with Crippen LogP contribution in [0.15, 0.2) is 18.2 Å². The summed E-state index contributed by atoms with van der Waals surface area (Å²) in [5.41, 5.74) is 0.579. The van der Waals surface area contributed by atoms with Gasteiger partial charge in [0, 0.05) is 9.13 Å². The number of carboxylic acid groups (broad SMARTS) is 1. The quantitative estimate of drug-likeness (QED) is 0.148. The van der Waals surface area contributed by atoms with Gasteiger partial charge in [0.2, 0.25) is 5.12 Å². The van der Waals surface area contributed by atoms with Gasteiger partial charge in [-0.25, -0.2) is 4.68 Å². The van der Waals surface area contributed by atoms with Crippen molar-refractivity contribution in [1.29, 1.82) is 0 Å². The fraction of sp³-hybridized carbons (Fsp3) is 0.609. The van der Waals surface area contributed by atoms with Gasteiger partial charge in [0.25, 0.3) is 0 Å². The van der Waals surface area contributed by atoms with Gasteiger partial charge in [-0.05, 0) is 57.6 Å². The van der Waals surface area contributed by atoms with E-state index in [1.807, 2.05) is 18.2 Å². The Kier molecular flexibility index (Phi) is 12.7. The van der Waals surface area contributed by atoms with Crippen molar-refractivity contribution in [3.8, 4) is 5.75 Å². The molecule has 10 heteroatoms. The van der Waals surface area contributed by atoms with Crippen molar-refractivity contribution in [3.63, 3.8) is 0 Å². The molecule has 182 valence electrons. The van der Waals surface area contributed by atoms with Crippen molar-refractivity contribution in [2.75, 3.05) is 6.61 Å². The predicted molar refractivity (Wildman–Crippen MR) is 138 cm³/mol. The first-order valence-corrected chi connectivity index (χ1v) is 13.1. The number of halogens is 1. The Bertz CT molecular complexity index is 893. The third-order valence-corrected chi connectivity index (χ3v) is 6.32. The topological polar surface area (TPSA) is 107 Å². The molecule has 0 saturated carbocycles. The van der Waals surface area contributed by atoms with Crippen LogP contribution in [-0.4, -0.2) is 43.0 Å². The lowest BCUT2D eigenvalue weighted by molar-refractivity contribution is -0.138. The maximum Gasteiger partial charge on any atom is 0.325 e. The highest BCUT2D eigenvalue weighted by molar-refractivity contribution is 14.1. The van der Waals surface area contributed by atoms with Crippen LogP contribution in [0.25, 0.3) is 0 Å². The van der Waals surface area contributed by atoms with Gasteiger partial charge < -0.3 is 9.84 Å². The molecule has 0 aliphatic carbocycles. The molecular formula is C23H33IN4O4S. The standard InChI is InChI=1S/C23H33IN4O4S/c1-2-3-4-5-6-7-8-9-10-11-14-32-19-13-12-17(24)15-18(19)21(23(31)33)22-25-26-27-28(22)16-20(29)30/h12-13,15,21H,2-11,14,16H2,1H3,(H,29,30)(H,31,33). The number of carboxylic acids is 1. The molecule has 0 amide bonds. The smallest absolute Gasteiger partial charge is 0.325 e. The van der Waals surface area contributed by atoms with Gasteiger partial charge in [0.15, 0.2) is 5.82 Å². The number of aliphatic carboxylic acids is 1. The number of nitrogens with zero attached hydrogens (tertiary/aromatic N) is 4. The van der Waals surface area contributed by atoms with Crippen molar-refractivity contribution in [3.05, 3.63) is 33.2 Å². The van der Waals surface area contributed by atoms with Gasteiger partial charge >= 0.3 is 5.97 Å². The Balaban J connectivity index is 1.94. The molecule has 0 radical (unpaired) electrons. The molecule has 1 aromatic heterocycles. The number of tetrazole rings is 1. The van der Waals surface area contributed by atoms with Crippen molar-refractivity contribution in [1.82, 2.24) is 20.2 Å². The Morgan fingerprint density at radius 2 is 1.73 bits per heavy atom. The van der Waals surface area contributed by atoms with Gasteiger partial charge in [-0.1, -0.05) is 64.7 Å². The lowest BCUT2D eigenvalue weighted by Crippen LogP contribution is -2.20. The minimum atomic E-state index is -1.10. The molecule has 1 aromatic carbocycles. The Morgan fingerprint density at radius 3 is 2.33 bits per heavy atom. The number of thiol groups is 1. The molecule has 0 saturated heterocycles. The number of hydrogen-bond acceptors (Lipinski definition) is 6. The molecule has 1 atom stereocenters. The first-order chi connectivity index (χ1) is 15.9. The lowest BCUT2D eigenvalue weighted by Gasteiger charge is -2.18. The fourth-order valence-corrected chi connectivity index (χ4v) is 4.46. The zero-order valence-corrected chi connectivity index (χ0v) is 22.1. The lowest BCUT2D eigenvalue weighted by atomic mass is 9.98. The summed E-state index contributed by atoms with van der Waals surface area (Å²) in [5, 5.41) is 19.8. The Labute approximate surface area is 214 Å². The number of hydrogen-bond donors (Lipinski definition) is 2. The SMILES string of the molecule is CCCCCCCCCCCCOc1ccc(I)cc1C(C(=O)S)c1nnnn1CC(=O)O. The summed E-state index contributed by atoms with van der Waals surface area (Å²) in [6.45, 7) is 2.33. The van der Waals surface area contributed by atoms with E-state index < -0.39 is 23.5 Å². The molecule has 1 heterocycles. The summed E-state index contributed by atoms with van der Waals surface area (Å²) in [6.07, 6.45) is 12.4. The molecule has 0 bridgehead atoms. The number of ether oxygens (including phenoxy) is 1. The molecule has 1 unspecified atom stereocenters. The van der Waals surface area contributed by atoms with Crippen LogP contribution < -0.4 is 4.74 Å². The number of aromatic nitrogens is 4. The Hall–Kier alpha value is -1.69. The Morgan fingerprint density at radius 1 is 1.09 bits per heavy atom. The molecule has 0 aliphatic heterocycles. The number of carbonyl (C=O) groups excluding carboxylic acids is 1. The zero-order valence-electron chi connectivity index (χ0n) is 19.1. The third-order valence-electron chi connectivity index (χ3n) is 5.39. The zero-order chi connectivity index (χ0) is 24.1. The average molecular weight is 589 g/mol. The van der Waals surface area contributed by atoms with Gasteiger partial charge in [0.1, 0.15) is 18.2 Å². The predicted octanol–water partition coefficient (Wildman–Crippen LogP) is 5.25. The largest absolute Gasteiger partial charge is 0.493 e. The maximum atomic E-state index is 12.5. The van der Waals surface area contributed by atoms with E-state index in [1.54, 1.807) is 0 Å². The van der Waals surface area contributed by atoms with E-state index in [4.69, 9.17) is 9.84 Å². The molecule has 2 aromatic rings. The van der Waals surface area contributed by atoms with E-state index in [1.165, 1.54) is 51.4 Å². The van der Waals surface area contributed by atoms with Crippen molar-refractivity contribution in [2.24, 2.45) is 0 Å². The summed E-state index contributed by atoms with van der Waals surface area (Å²) < 4.78 is 8.04. The summed E-state index contributed by atoms with van der Waals surface area (Å²) >= 11 is 6.20. The fourth-order valence-electron chi connectivity index (χ4n) is 3.69. The molecule has 2 rings (SSSR count). The first kappa shape index (κ1) is 27.6. The van der Waals surface area contributed by atoms with E-state index >= 15 is 0 Å². The third kappa shape index (κ3) is 9.60. The molecule has 1 N–H and O–H groups in total. The summed E-state index contributed by atoms with van der Waals surface area (Å²) in [6, 6.07) is 5.55. The van der Waals surface area contributed by atoms with E-state index in [2.05, 4.69) is 57.7 Å². The number of carbonyl (C=O) groups is 2. The second-order valence-corrected chi connectivity index (χ2v) is 9.76. The molecular weight excluding hydrogens is 555 g/mol. The van der Waals surface area contributed by atoms with Crippen LogP contribution in [0.4, 0.5) is 0 Å². The molecule has 0 fully saturated rings. The molecule has 33 heavy (non-hydrogen) atoms. The van der Waals surface area contributed by atoms with Crippen molar-refractivity contribution in [2.45, 2.75) is 83.6 Å². The van der Waals surface area contributed by atoms with Gasteiger partial charge in [0.05, 0.1) is 6.61 Å². The van der Waals surface area contributed by atoms with E-state index in [0.717, 1.165) is 21.1 Å². The highest BCUT2D eigenvalue weighted by Crippen LogP contribution is 2.34. The van der Waals surface area contributed by atoms with Crippen LogP contribution in [0.2, 0.25) is 0 Å². The second-order valence-electron chi connectivity index (χ2n) is 8.07. The maximum absolute atomic E-state index is 12.5. The van der Waals surface area contributed by atoms with Gasteiger partial charge in [-0.3, -0.25) is 9.59 Å². The molecule has 8 nitrogen and oxygen atoms in total. The van der Waals surface area contributed by atoms with Crippen LogP contribution in [0.3, 0.4) is 0 Å². The molecule has 0 aliphatic rings. The van der Waals surface area contributed by atoms with E-state index in [-0.39, 0.29) is 5.82 Å². The average Bonchev–Trinajstić information content (AvgIpc) is 3.20. The van der Waals surface area contributed by atoms with Crippen molar-refractivity contribution < 1.29 is 19.4 Å². The number of benzene rings is 1.